The van der Waals surface area contributed by atoms with Gasteiger partial charge in [0.25, 0.3) is 11.5 Å². The molecule has 0 saturated heterocycles. The van der Waals surface area contributed by atoms with Crippen molar-refractivity contribution in [2.24, 2.45) is 5.92 Å². The van der Waals surface area contributed by atoms with Crippen LogP contribution in [-0.2, 0) is 24.2 Å². The summed E-state index contributed by atoms with van der Waals surface area (Å²) in [7, 11) is 0. The van der Waals surface area contributed by atoms with E-state index in [1.165, 1.54) is 25.7 Å². The number of fused-ring (bicyclic) bond motifs is 1. The highest BCUT2D eigenvalue weighted by Gasteiger charge is 2.32. The van der Waals surface area contributed by atoms with Crippen LogP contribution in [0.15, 0.2) is 41.2 Å². The molecule has 0 spiro atoms. The minimum Gasteiger partial charge on any atom is -0.338 e. The zero-order valence-electron chi connectivity index (χ0n) is 22.1. The summed E-state index contributed by atoms with van der Waals surface area (Å²) in [4.78, 5) is 40.6. The predicted molar refractivity (Wildman–Crippen MR) is 151 cm³/mol. The van der Waals surface area contributed by atoms with E-state index in [9.17, 15) is 14.4 Å². The molecule has 37 heavy (non-hydrogen) atoms. The van der Waals surface area contributed by atoms with Gasteiger partial charge in [-0.1, -0.05) is 74.7 Å². The molecule has 2 aliphatic carbocycles. The molecule has 1 saturated carbocycles. The fraction of sp³-hybridized carbons (Fsp3) is 0.533. The molecule has 198 valence electrons. The van der Waals surface area contributed by atoms with Gasteiger partial charge in [0, 0.05) is 17.8 Å². The zero-order chi connectivity index (χ0) is 26.4. The Kier molecular flexibility index (Phi) is 8.95. The topological polar surface area (TPSA) is 80.2 Å². The number of benzene rings is 1. The normalized spacial score (nSPS) is 16.7. The fourth-order valence-corrected chi connectivity index (χ4v) is 5.78. The van der Waals surface area contributed by atoms with E-state index in [-0.39, 0.29) is 11.1 Å². The molecule has 0 aliphatic heterocycles. The second kappa shape index (κ2) is 12.2. The third kappa shape index (κ3) is 6.75. The van der Waals surface area contributed by atoms with Crippen molar-refractivity contribution in [2.45, 2.75) is 96.6 Å². The van der Waals surface area contributed by atoms with E-state index in [1.54, 1.807) is 19.9 Å². The monoisotopic (exact) mass is 521 g/mol. The number of aryl methyl sites for hydroxylation is 1. The largest absolute Gasteiger partial charge is 0.338 e. The Morgan fingerprint density at radius 3 is 2.32 bits per heavy atom. The number of nitrogens with one attached hydrogen (secondary N) is 2. The van der Waals surface area contributed by atoms with Crippen molar-refractivity contribution >= 4 is 29.0 Å². The van der Waals surface area contributed by atoms with Gasteiger partial charge in [0.05, 0.1) is 0 Å². The predicted octanol–water partition coefficient (Wildman–Crippen LogP) is 5.09. The number of hydrogen-bond acceptors (Lipinski definition) is 4. The van der Waals surface area contributed by atoms with Gasteiger partial charge in [-0.2, -0.15) is 0 Å². The highest BCUT2D eigenvalue weighted by molar-refractivity contribution is 7.80. The lowest BCUT2D eigenvalue weighted by Crippen LogP contribution is -2.56. The van der Waals surface area contributed by atoms with E-state index in [4.69, 9.17) is 12.2 Å². The van der Waals surface area contributed by atoms with E-state index >= 15 is 0 Å². The molecule has 1 aromatic carbocycles. The summed E-state index contributed by atoms with van der Waals surface area (Å²) in [6.07, 6.45) is 12.1. The van der Waals surface area contributed by atoms with Crippen LogP contribution >= 0.6 is 12.2 Å². The number of carbonyl (C=O) groups is 2. The lowest BCUT2D eigenvalue weighted by atomic mass is 9.88. The first-order valence-electron chi connectivity index (χ1n) is 13.7. The molecular formula is C30H39N3O3S. The van der Waals surface area contributed by atoms with Crippen molar-refractivity contribution in [3.05, 3.63) is 69.1 Å². The van der Waals surface area contributed by atoms with Gasteiger partial charge in [0.15, 0.2) is 0 Å². The maximum absolute atomic E-state index is 13.8. The number of nitrogens with zero attached hydrogens (tertiary/aromatic N) is 1. The van der Waals surface area contributed by atoms with Crippen molar-refractivity contribution in [3.63, 3.8) is 0 Å². The van der Waals surface area contributed by atoms with Crippen LogP contribution in [0.4, 0.5) is 0 Å². The van der Waals surface area contributed by atoms with Gasteiger partial charge in [-0.3, -0.25) is 14.4 Å². The lowest BCUT2D eigenvalue weighted by molar-refractivity contribution is -0.124. The van der Waals surface area contributed by atoms with E-state index in [1.807, 2.05) is 34.9 Å². The van der Waals surface area contributed by atoms with Gasteiger partial charge < -0.3 is 15.2 Å². The van der Waals surface area contributed by atoms with Crippen molar-refractivity contribution < 1.29 is 9.59 Å². The Hall–Kier alpha value is -2.80. The summed E-state index contributed by atoms with van der Waals surface area (Å²) >= 11 is 5.38. The molecule has 4 rings (SSSR count). The van der Waals surface area contributed by atoms with Gasteiger partial charge in [0.2, 0.25) is 5.91 Å². The van der Waals surface area contributed by atoms with Crippen LogP contribution in [0.25, 0.3) is 0 Å². The van der Waals surface area contributed by atoms with Crippen LogP contribution in [0, 0.1) is 5.92 Å². The third-order valence-electron chi connectivity index (χ3n) is 7.77. The molecule has 1 aromatic heterocycles. The number of aromatic nitrogens is 1. The minimum atomic E-state index is -1.26. The summed E-state index contributed by atoms with van der Waals surface area (Å²) in [6.45, 7) is 3.93. The van der Waals surface area contributed by atoms with Crippen molar-refractivity contribution in [1.29, 1.82) is 0 Å². The Morgan fingerprint density at radius 1 is 0.973 bits per heavy atom. The second-order valence-corrected chi connectivity index (χ2v) is 11.5. The van der Waals surface area contributed by atoms with Crippen LogP contribution in [-0.4, -0.2) is 26.9 Å². The highest BCUT2D eigenvalue weighted by Crippen LogP contribution is 2.27. The van der Waals surface area contributed by atoms with Crippen LogP contribution in [0.5, 0.6) is 0 Å². The molecule has 0 unspecified atom stereocenters. The lowest BCUT2D eigenvalue weighted by Gasteiger charge is -2.28. The van der Waals surface area contributed by atoms with Crippen LogP contribution in [0.2, 0.25) is 0 Å². The Labute approximate surface area is 225 Å². The molecule has 1 fully saturated rings. The summed E-state index contributed by atoms with van der Waals surface area (Å²) in [5.41, 5.74) is 1.56. The van der Waals surface area contributed by atoms with E-state index in [2.05, 4.69) is 10.6 Å². The second-order valence-electron chi connectivity index (χ2n) is 11.1. The third-order valence-corrected chi connectivity index (χ3v) is 8.10. The zero-order valence-corrected chi connectivity index (χ0v) is 22.9. The maximum atomic E-state index is 13.8. The van der Waals surface area contributed by atoms with E-state index < -0.39 is 17.4 Å². The molecule has 0 atom stereocenters. The van der Waals surface area contributed by atoms with E-state index in [0.29, 0.717) is 17.5 Å². The maximum Gasteiger partial charge on any atom is 0.263 e. The van der Waals surface area contributed by atoms with Crippen molar-refractivity contribution in [2.75, 3.05) is 0 Å². The molecular weight excluding hydrogens is 482 g/mol. The molecule has 6 nitrogen and oxygen atoms in total. The van der Waals surface area contributed by atoms with Gasteiger partial charge in [-0.25, -0.2) is 0 Å². The first-order valence-corrected chi connectivity index (χ1v) is 14.2. The highest BCUT2D eigenvalue weighted by atomic mass is 32.1. The summed E-state index contributed by atoms with van der Waals surface area (Å²) in [6, 6.07) is 11.0. The smallest absolute Gasteiger partial charge is 0.263 e. The summed E-state index contributed by atoms with van der Waals surface area (Å²) in [5.74, 6) is -0.470. The molecule has 0 bridgehead atoms. The van der Waals surface area contributed by atoms with Gasteiger partial charge in [0.1, 0.15) is 16.1 Å². The quantitative estimate of drug-likeness (QED) is 0.519. The number of thiocarbonyl (C=S) groups is 1. The molecule has 2 aliphatic rings. The Balaban J connectivity index is 1.58. The van der Waals surface area contributed by atoms with Gasteiger partial charge in [-0.05, 0) is 69.9 Å². The first-order chi connectivity index (χ1) is 17.8. The van der Waals surface area contributed by atoms with Crippen LogP contribution in [0.3, 0.4) is 0 Å². The average molecular weight is 522 g/mol. The number of carbonyl (C=O) groups excluding carboxylic acids is 2. The van der Waals surface area contributed by atoms with Gasteiger partial charge in [-0.15, -0.1) is 0 Å². The van der Waals surface area contributed by atoms with Crippen LogP contribution < -0.4 is 16.2 Å². The van der Waals surface area contributed by atoms with E-state index in [0.717, 1.165) is 61.8 Å². The van der Waals surface area contributed by atoms with Crippen molar-refractivity contribution in [1.82, 2.24) is 15.2 Å². The first kappa shape index (κ1) is 27.2. The number of hydrogen-bond donors (Lipinski definition) is 2. The van der Waals surface area contributed by atoms with Crippen molar-refractivity contribution in [3.8, 4) is 0 Å². The summed E-state index contributed by atoms with van der Waals surface area (Å²) in [5, 5.41) is 5.54. The molecule has 2 amide bonds. The Bertz CT molecular complexity index is 1200. The standard InChI is InChI=1S/C30H39N3O3S/c1-30(2,29(36)31-27(37)22-15-10-6-11-16-22)32-26(34)24-19-23-17-9-3-4-12-18-25(23)33(28(24)35)20-21-13-7-5-8-14-21/h6,10-11,15-16,19,21H,3-5,7-9,12-14,17-18,20H2,1-2H3,(H,32,34)(H,31,36,37). The number of rotatable bonds is 6. The number of pyridine rings is 1. The molecule has 2 N–H and O–H groups in total. The number of amides is 2. The molecule has 7 heteroatoms. The van der Waals surface area contributed by atoms with Gasteiger partial charge >= 0.3 is 0 Å². The molecule has 2 aromatic rings. The SMILES string of the molecule is CC(C)(NC(=O)c1cc2c(n(CC3CCCCC3)c1=O)CCCCCC2)C(=O)NC(=S)c1ccccc1. The minimum absolute atomic E-state index is 0.127. The average Bonchev–Trinajstić information content (AvgIpc) is 2.87. The summed E-state index contributed by atoms with van der Waals surface area (Å²) < 4.78 is 1.91. The molecule has 0 radical (unpaired) electrons. The Morgan fingerprint density at radius 2 is 1.62 bits per heavy atom. The fourth-order valence-electron chi connectivity index (χ4n) is 5.55. The molecule has 1 heterocycles. The van der Waals surface area contributed by atoms with Crippen LogP contribution in [0.1, 0.15) is 98.8 Å².